The standard InChI is InChI=1S/C9H8IN/c1-11-6-8(10)7-4-2-3-5-9(7)11/h2-6H,1H3. The van der Waals surface area contributed by atoms with E-state index in [1.54, 1.807) is 0 Å². The fraction of sp³-hybridized carbons (Fsp3) is 0.111. The highest BCUT2D eigenvalue weighted by atomic mass is 127. The monoisotopic (exact) mass is 257 g/mol. The van der Waals surface area contributed by atoms with Gasteiger partial charge in [0, 0.05) is 27.7 Å². The van der Waals surface area contributed by atoms with E-state index >= 15 is 0 Å². The Hall–Kier alpha value is -0.510. The molecule has 0 unspecified atom stereocenters. The zero-order chi connectivity index (χ0) is 7.84. The fourth-order valence-corrected chi connectivity index (χ4v) is 2.17. The zero-order valence-electron chi connectivity index (χ0n) is 6.21. The molecule has 0 radical (unpaired) electrons. The van der Waals surface area contributed by atoms with Gasteiger partial charge in [-0.05, 0) is 28.7 Å². The van der Waals surface area contributed by atoms with Gasteiger partial charge >= 0.3 is 0 Å². The minimum absolute atomic E-state index is 1.30. The lowest BCUT2D eigenvalue weighted by Gasteiger charge is -1.92. The van der Waals surface area contributed by atoms with E-state index in [2.05, 4.69) is 64.7 Å². The Labute approximate surface area is 79.2 Å². The summed E-state index contributed by atoms with van der Waals surface area (Å²) in [6.07, 6.45) is 2.14. The molecule has 2 heteroatoms. The highest BCUT2D eigenvalue weighted by Gasteiger charge is 2.00. The zero-order valence-corrected chi connectivity index (χ0v) is 8.37. The molecule has 0 aliphatic heterocycles. The first-order valence-corrected chi connectivity index (χ1v) is 4.56. The van der Waals surface area contributed by atoms with Gasteiger partial charge in [0.2, 0.25) is 0 Å². The van der Waals surface area contributed by atoms with Crippen molar-refractivity contribution < 1.29 is 0 Å². The van der Waals surface area contributed by atoms with Crippen LogP contribution in [0.15, 0.2) is 30.5 Å². The number of benzene rings is 1. The van der Waals surface area contributed by atoms with Crippen molar-refractivity contribution in [2.45, 2.75) is 0 Å². The number of hydrogen-bond donors (Lipinski definition) is 0. The van der Waals surface area contributed by atoms with Crippen molar-refractivity contribution in [1.82, 2.24) is 4.57 Å². The number of aromatic nitrogens is 1. The first kappa shape index (κ1) is 7.16. The molecule has 11 heavy (non-hydrogen) atoms. The molecule has 0 atom stereocenters. The van der Waals surface area contributed by atoms with Crippen molar-refractivity contribution in [2.75, 3.05) is 0 Å². The Morgan fingerprint density at radius 3 is 2.73 bits per heavy atom. The third kappa shape index (κ3) is 1.05. The largest absolute Gasteiger partial charge is 0.349 e. The van der Waals surface area contributed by atoms with Crippen LogP contribution in [-0.4, -0.2) is 4.57 Å². The van der Waals surface area contributed by atoms with Crippen molar-refractivity contribution in [3.05, 3.63) is 34.0 Å². The van der Waals surface area contributed by atoms with Crippen LogP contribution in [0.1, 0.15) is 0 Å². The van der Waals surface area contributed by atoms with E-state index in [1.165, 1.54) is 14.5 Å². The summed E-state index contributed by atoms with van der Waals surface area (Å²) in [7, 11) is 2.07. The maximum absolute atomic E-state index is 2.36. The molecule has 0 spiro atoms. The van der Waals surface area contributed by atoms with E-state index in [4.69, 9.17) is 0 Å². The molecule has 0 saturated heterocycles. The van der Waals surface area contributed by atoms with Crippen molar-refractivity contribution in [2.24, 2.45) is 7.05 Å². The van der Waals surface area contributed by atoms with Gasteiger partial charge in [0.15, 0.2) is 0 Å². The lowest BCUT2D eigenvalue weighted by molar-refractivity contribution is 0.966. The molecule has 1 aromatic carbocycles. The molecule has 0 N–H and O–H groups in total. The van der Waals surface area contributed by atoms with Gasteiger partial charge in [-0.3, -0.25) is 0 Å². The van der Waals surface area contributed by atoms with E-state index < -0.39 is 0 Å². The molecule has 1 aromatic heterocycles. The lowest BCUT2D eigenvalue weighted by Crippen LogP contribution is -1.81. The van der Waals surface area contributed by atoms with Crippen LogP contribution < -0.4 is 0 Å². The summed E-state index contributed by atoms with van der Waals surface area (Å²) in [5, 5.41) is 1.34. The second-order valence-electron chi connectivity index (χ2n) is 2.61. The molecule has 2 aromatic rings. The van der Waals surface area contributed by atoms with Gasteiger partial charge in [-0.2, -0.15) is 0 Å². The minimum atomic E-state index is 1.30. The maximum Gasteiger partial charge on any atom is 0.0488 e. The molecular weight excluding hydrogens is 249 g/mol. The third-order valence-electron chi connectivity index (χ3n) is 1.85. The number of halogens is 1. The molecule has 2 rings (SSSR count). The summed E-state index contributed by atoms with van der Waals surface area (Å²) in [6, 6.07) is 8.43. The Morgan fingerprint density at radius 2 is 2.00 bits per heavy atom. The summed E-state index contributed by atoms with van der Waals surface area (Å²) in [6.45, 7) is 0. The van der Waals surface area contributed by atoms with Crippen LogP contribution in [0.5, 0.6) is 0 Å². The number of hydrogen-bond acceptors (Lipinski definition) is 0. The van der Waals surface area contributed by atoms with Crippen molar-refractivity contribution in [1.29, 1.82) is 0 Å². The Balaban J connectivity index is 2.95. The average molecular weight is 257 g/mol. The van der Waals surface area contributed by atoms with Crippen LogP contribution in [0.2, 0.25) is 0 Å². The maximum atomic E-state index is 2.36. The van der Waals surface area contributed by atoms with E-state index in [-0.39, 0.29) is 0 Å². The molecule has 56 valence electrons. The summed E-state index contributed by atoms with van der Waals surface area (Å²) < 4.78 is 3.47. The number of rotatable bonds is 0. The predicted molar refractivity (Wildman–Crippen MR) is 55.6 cm³/mol. The van der Waals surface area contributed by atoms with E-state index in [9.17, 15) is 0 Å². The van der Waals surface area contributed by atoms with Crippen molar-refractivity contribution in [3.63, 3.8) is 0 Å². The van der Waals surface area contributed by atoms with E-state index in [0.29, 0.717) is 0 Å². The van der Waals surface area contributed by atoms with Crippen molar-refractivity contribution >= 4 is 33.5 Å². The Morgan fingerprint density at radius 1 is 1.27 bits per heavy atom. The normalized spacial score (nSPS) is 10.7. The third-order valence-corrected chi connectivity index (χ3v) is 2.71. The van der Waals surface area contributed by atoms with Gasteiger partial charge in [0.1, 0.15) is 0 Å². The van der Waals surface area contributed by atoms with Gasteiger partial charge in [0.05, 0.1) is 0 Å². The van der Waals surface area contributed by atoms with Gasteiger partial charge in [-0.1, -0.05) is 18.2 Å². The van der Waals surface area contributed by atoms with Crippen LogP contribution in [0, 0.1) is 3.57 Å². The Bertz CT molecular complexity index is 353. The number of nitrogens with zero attached hydrogens (tertiary/aromatic N) is 1. The second-order valence-corrected chi connectivity index (χ2v) is 3.77. The fourth-order valence-electron chi connectivity index (χ4n) is 1.29. The van der Waals surface area contributed by atoms with E-state index in [1.807, 2.05) is 0 Å². The second kappa shape index (κ2) is 2.52. The number of aryl methyl sites for hydroxylation is 1. The molecule has 0 aliphatic rings. The highest BCUT2D eigenvalue weighted by Crippen LogP contribution is 2.20. The van der Waals surface area contributed by atoms with Gasteiger partial charge in [0.25, 0.3) is 0 Å². The molecule has 0 aliphatic carbocycles. The minimum Gasteiger partial charge on any atom is -0.349 e. The van der Waals surface area contributed by atoms with Gasteiger partial charge in [-0.25, -0.2) is 0 Å². The molecule has 1 heterocycles. The molecule has 0 bridgehead atoms. The summed E-state index contributed by atoms with van der Waals surface area (Å²) in [5.41, 5.74) is 1.30. The Kier molecular flexibility index (Phi) is 1.64. The SMILES string of the molecule is Cn1cc(I)c2ccccc21. The van der Waals surface area contributed by atoms with Gasteiger partial charge in [-0.15, -0.1) is 0 Å². The average Bonchev–Trinajstić information content (AvgIpc) is 2.30. The first-order chi connectivity index (χ1) is 5.29. The van der Waals surface area contributed by atoms with Crippen LogP contribution in [0.4, 0.5) is 0 Å². The molecule has 1 nitrogen and oxygen atoms in total. The quantitative estimate of drug-likeness (QED) is 0.639. The van der Waals surface area contributed by atoms with Crippen LogP contribution in [0.25, 0.3) is 10.9 Å². The van der Waals surface area contributed by atoms with Crippen LogP contribution in [-0.2, 0) is 7.05 Å². The summed E-state index contributed by atoms with van der Waals surface area (Å²) in [5.74, 6) is 0. The summed E-state index contributed by atoms with van der Waals surface area (Å²) in [4.78, 5) is 0. The first-order valence-electron chi connectivity index (χ1n) is 3.48. The molecule has 0 saturated carbocycles. The number of fused-ring (bicyclic) bond motifs is 1. The molecular formula is C9H8IN. The highest BCUT2D eigenvalue weighted by molar-refractivity contribution is 14.1. The lowest BCUT2D eigenvalue weighted by atomic mass is 10.2. The van der Waals surface area contributed by atoms with Crippen molar-refractivity contribution in [3.8, 4) is 0 Å². The number of para-hydroxylation sites is 1. The predicted octanol–water partition coefficient (Wildman–Crippen LogP) is 2.78. The molecule has 0 amide bonds. The van der Waals surface area contributed by atoms with Crippen LogP contribution in [0.3, 0.4) is 0 Å². The van der Waals surface area contributed by atoms with Crippen LogP contribution >= 0.6 is 22.6 Å². The topological polar surface area (TPSA) is 4.93 Å². The summed E-state index contributed by atoms with van der Waals surface area (Å²) >= 11 is 2.36. The molecule has 0 fully saturated rings. The van der Waals surface area contributed by atoms with Gasteiger partial charge < -0.3 is 4.57 Å². The smallest absolute Gasteiger partial charge is 0.0488 e. The van der Waals surface area contributed by atoms with E-state index in [0.717, 1.165) is 0 Å².